The first kappa shape index (κ1) is 18.9. The Morgan fingerprint density at radius 1 is 1.15 bits per heavy atom. The zero-order valence-electron chi connectivity index (χ0n) is 16.2. The standard InChI is InChI=1S/C22H25N3O2/c1-22(2,3)27-21(26)25-10-8-18-6-4-16(13-19(18)9-11-25)12-17-5-7-20(14-23)24-15-17/h4-7,13,15H,8-12H2,1-3H3. The largest absolute Gasteiger partial charge is 0.444 e. The number of carbonyl (C=O) groups is 1. The van der Waals surface area contributed by atoms with E-state index in [1.165, 1.54) is 16.7 Å². The minimum absolute atomic E-state index is 0.237. The van der Waals surface area contributed by atoms with Crippen LogP contribution in [0, 0.1) is 11.3 Å². The minimum Gasteiger partial charge on any atom is -0.444 e. The van der Waals surface area contributed by atoms with Gasteiger partial charge in [0.25, 0.3) is 0 Å². The number of hydrogen-bond acceptors (Lipinski definition) is 4. The summed E-state index contributed by atoms with van der Waals surface area (Å²) in [5.41, 5.74) is 4.84. The van der Waals surface area contributed by atoms with Crippen molar-refractivity contribution in [2.24, 2.45) is 0 Å². The molecule has 1 amide bonds. The molecule has 0 bridgehead atoms. The summed E-state index contributed by atoms with van der Waals surface area (Å²) in [7, 11) is 0. The van der Waals surface area contributed by atoms with Crippen LogP contribution in [-0.2, 0) is 24.0 Å². The van der Waals surface area contributed by atoms with Gasteiger partial charge in [0.15, 0.2) is 0 Å². The summed E-state index contributed by atoms with van der Waals surface area (Å²) in [6.07, 6.45) is 3.97. The van der Waals surface area contributed by atoms with Crippen molar-refractivity contribution in [3.63, 3.8) is 0 Å². The maximum absolute atomic E-state index is 12.4. The van der Waals surface area contributed by atoms with Crippen LogP contribution in [0.4, 0.5) is 4.79 Å². The number of hydrogen-bond donors (Lipinski definition) is 0. The first-order valence-corrected chi connectivity index (χ1v) is 9.28. The van der Waals surface area contributed by atoms with Crippen molar-refractivity contribution >= 4 is 6.09 Å². The van der Waals surface area contributed by atoms with E-state index in [0.29, 0.717) is 18.8 Å². The predicted molar refractivity (Wildman–Crippen MR) is 103 cm³/mol. The molecule has 1 aliphatic heterocycles. The zero-order valence-corrected chi connectivity index (χ0v) is 16.2. The third kappa shape index (κ3) is 5.07. The molecule has 2 aromatic rings. The van der Waals surface area contributed by atoms with Gasteiger partial charge < -0.3 is 9.64 Å². The number of pyridine rings is 1. The Kier molecular flexibility index (Phi) is 5.46. The fourth-order valence-electron chi connectivity index (χ4n) is 3.23. The molecule has 140 valence electrons. The molecule has 1 aromatic carbocycles. The molecular weight excluding hydrogens is 338 g/mol. The highest BCUT2D eigenvalue weighted by atomic mass is 16.6. The molecule has 0 fully saturated rings. The van der Waals surface area contributed by atoms with E-state index in [4.69, 9.17) is 10.00 Å². The van der Waals surface area contributed by atoms with Crippen LogP contribution < -0.4 is 0 Å². The van der Waals surface area contributed by atoms with Crippen LogP contribution in [0.5, 0.6) is 0 Å². The van der Waals surface area contributed by atoms with Gasteiger partial charge in [-0.25, -0.2) is 9.78 Å². The highest BCUT2D eigenvalue weighted by molar-refractivity contribution is 5.68. The Morgan fingerprint density at radius 2 is 1.85 bits per heavy atom. The number of amides is 1. The molecule has 0 atom stereocenters. The van der Waals surface area contributed by atoms with E-state index in [1.807, 2.05) is 32.9 Å². The summed E-state index contributed by atoms with van der Waals surface area (Å²) >= 11 is 0. The van der Waals surface area contributed by atoms with E-state index in [1.54, 1.807) is 17.2 Å². The third-order valence-corrected chi connectivity index (χ3v) is 4.57. The fourth-order valence-corrected chi connectivity index (χ4v) is 3.23. The van der Waals surface area contributed by atoms with Crippen LogP contribution in [0.15, 0.2) is 36.5 Å². The lowest BCUT2D eigenvalue weighted by Gasteiger charge is -2.26. The minimum atomic E-state index is -0.474. The summed E-state index contributed by atoms with van der Waals surface area (Å²) in [6.45, 7) is 7.02. The Bertz CT molecular complexity index is 861. The highest BCUT2D eigenvalue weighted by Crippen LogP contribution is 2.21. The second kappa shape index (κ2) is 7.79. The van der Waals surface area contributed by atoms with Gasteiger partial charge in [-0.1, -0.05) is 24.3 Å². The van der Waals surface area contributed by atoms with E-state index < -0.39 is 5.60 Å². The van der Waals surface area contributed by atoms with Crippen LogP contribution in [0.2, 0.25) is 0 Å². The molecule has 0 saturated carbocycles. The van der Waals surface area contributed by atoms with Crippen LogP contribution in [0.25, 0.3) is 0 Å². The van der Waals surface area contributed by atoms with Crippen LogP contribution >= 0.6 is 0 Å². The quantitative estimate of drug-likeness (QED) is 0.812. The van der Waals surface area contributed by atoms with Crippen molar-refractivity contribution in [1.29, 1.82) is 5.26 Å². The third-order valence-electron chi connectivity index (χ3n) is 4.57. The molecule has 0 spiro atoms. The van der Waals surface area contributed by atoms with E-state index in [-0.39, 0.29) is 6.09 Å². The number of ether oxygens (including phenoxy) is 1. The average molecular weight is 363 g/mol. The van der Waals surface area contributed by atoms with Crippen molar-refractivity contribution in [3.8, 4) is 6.07 Å². The lowest BCUT2D eigenvalue weighted by molar-refractivity contribution is 0.0258. The van der Waals surface area contributed by atoms with Gasteiger partial charge in [-0.2, -0.15) is 5.26 Å². The van der Waals surface area contributed by atoms with Gasteiger partial charge >= 0.3 is 6.09 Å². The normalized spacial score (nSPS) is 14.1. The molecule has 5 heteroatoms. The first-order chi connectivity index (χ1) is 12.8. The van der Waals surface area contributed by atoms with Crippen LogP contribution in [0.1, 0.15) is 48.7 Å². The highest BCUT2D eigenvalue weighted by Gasteiger charge is 2.24. The SMILES string of the molecule is CC(C)(C)OC(=O)N1CCc2ccc(Cc3ccc(C#N)nc3)cc2CC1. The molecule has 2 heterocycles. The molecular formula is C22H25N3O2. The number of nitriles is 1. The second-order valence-electron chi connectivity index (χ2n) is 7.91. The van der Waals surface area contributed by atoms with Crippen molar-refractivity contribution in [3.05, 3.63) is 64.5 Å². The van der Waals surface area contributed by atoms with Crippen molar-refractivity contribution in [1.82, 2.24) is 9.88 Å². The summed E-state index contributed by atoms with van der Waals surface area (Å²) in [5.74, 6) is 0. The van der Waals surface area contributed by atoms with Crippen LogP contribution in [0.3, 0.4) is 0 Å². The Balaban J connectivity index is 1.68. The monoisotopic (exact) mass is 363 g/mol. The molecule has 0 saturated heterocycles. The number of nitrogens with zero attached hydrogens (tertiary/aromatic N) is 3. The van der Waals surface area contributed by atoms with Gasteiger partial charge in [0.05, 0.1) is 0 Å². The van der Waals surface area contributed by atoms with Gasteiger partial charge in [-0.3, -0.25) is 0 Å². The van der Waals surface area contributed by atoms with Gasteiger partial charge in [-0.15, -0.1) is 0 Å². The topological polar surface area (TPSA) is 66.2 Å². The Labute approximate surface area is 160 Å². The molecule has 1 aliphatic rings. The fraction of sp³-hybridized carbons (Fsp3) is 0.409. The lowest BCUT2D eigenvalue weighted by Crippen LogP contribution is -2.38. The molecule has 0 unspecified atom stereocenters. The summed E-state index contributed by atoms with van der Waals surface area (Å²) in [6, 6.07) is 12.3. The maximum Gasteiger partial charge on any atom is 0.410 e. The average Bonchev–Trinajstić information content (AvgIpc) is 2.83. The van der Waals surface area contributed by atoms with Crippen molar-refractivity contribution in [2.45, 2.75) is 45.6 Å². The number of fused-ring (bicyclic) bond motifs is 1. The molecule has 0 N–H and O–H groups in total. The van der Waals surface area contributed by atoms with Gasteiger partial charge in [-0.05, 0) is 68.4 Å². The second-order valence-corrected chi connectivity index (χ2v) is 7.91. The number of benzene rings is 1. The predicted octanol–water partition coefficient (Wildman–Crippen LogP) is 3.88. The first-order valence-electron chi connectivity index (χ1n) is 9.28. The van der Waals surface area contributed by atoms with E-state index in [0.717, 1.165) is 24.8 Å². The molecule has 1 aromatic heterocycles. The van der Waals surface area contributed by atoms with Gasteiger partial charge in [0.1, 0.15) is 17.4 Å². The van der Waals surface area contributed by atoms with Crippen LogP contribution in [-0.4, -0.2) is 34.7 Å². The number of aromatic nitrogens is 1. The molecule has 0 aliphatic carbocycles. The van der Waals surface area contributed by atoms with Gasteiger partial charge in [0, 0.05) is 19.3 Å². The Hall–Kier alpha value is -2.87. The van der Waals surface area contributed by atoms with Crippen molar-refractivity contribution in [2.75, 3.05) is 13.1 Å². The molecule has 27 heavy (non-hydrogen) atoms. The molecule has 0 radical (unpaired) electrons. The maximum atomic E-state index is 12.4. The van der Waals surface area contributed by atoms with Crippen molar-refractivity contribution < 1.29 is 9.53 Å². The zero-order chi connectivity index (χ0) is 19.4. The smallest absolute Gasteiger partial charge is 0.410 e. The lowest BCUT2D eigenvalue weighted by atomic mass is 9.97. The van der Waals surface area contributed by atoms with E-state index in [2.05, 4.69) is 23.2 Å². The summed E-state index contributed by atoms with van der Waals surface area (Å²) in [5, 5.41) is 8.85. The molecule has 5 nitrogen and oxygen atoms in total. The number of carbonyl (C=O) groups excluding carboxylic acids is 1. The summed E-state index contributed by atoms with van der Waals surface area (Å²) < 4.78 is 5.51. The van der Waals surface area contributed by atoms with Gasteiger partial charge in [0.2, 0.25) is 0 Å². The Morgan fingerprint density at radius 3 is 2.48 bits per heavy atom. The number of rotatable bonds is 2. The summed E-state index contributed by atoms with van der Waals surface area (Å²) in [4.78, 5) is 18.3. The van der Waals surface area contributed by atoms with E-state index in [9.17, 15) is 4.79 Å². The van der Waals surface area contributed by atoms with E-state index >= 15 is 0 Å². The molecule has 3 rings (SSSR count).